The van der Waals surface area contributed by atoms with Crippen LogP contribution in [0.25, 0.3) is 0 Å². The van der Waals surface area contributed by atoms with E-state index in [1.807, 2.05) is 25.1 Å². The first-order valence-electron chi connectivity index (χ1n) is 7.69. The molecule has 0 aliphatic heterocycles. The van der Waals surface area contributed by atoms with Crippen molar-refractivity contribution in [3.63, 3.8) is 0 Å². The van der Waals surface area contributed by atoms with Gasteiger partial charge in [0.25, 0.3) is 0 Å². The predicted octanol–water partition coefficient (Wildman–Crippen LogP) is 5.84. The van der Waals surface area contributed by atoms with Crippen LogP contribution >= 0.6 is 15.9 Å². The van der Waals surface area contributed by atoms with Gasteiger partial charge in [-0.15, -0.1) is 0 Å². The molecule has 0 aliphatic rings. The first-order chi connectivity index (χ1) is 9.63. The summed E-state index contributed by atoms with van der Waals surface area (Å²) >= 11 is 3.48. The average molecular weight is 340 g/mol. The van der Waals surface area contributed by atoms with Crippen LogP contribution < -0.4 is 5.32 Å². The van der Waals surface area contributed by atoms with E-state index in [4.69, 9.17) is 0 Å². The minimum Gasteiger partial charge on any atom is -0.325 e. The molecular formula is C17H26BrNO. The highest BCUT2D eigenvalue weighted by atomic mass is 79.9. The number of rotatable bonds is 9. The van der Waals surface area contributed by atoms with E-state index in [0.717, 1.165) is 23.0 Å². The predicted molar refractivity (Wildman–Crippen MR) is 90.1 cm³/mol. The fraction of sp³-hybridized carbons (Fsp3) is 0.588. The van der Waals surface area contributed by atoms with Crippen LogP contribution in [-0.2, 0) is 4.79 Å². The quantitative estimate of drug-likeness (QED) is 0.563. The van der Waals surface area contributed by atoms with Gasteiger partial charge in [-0.1, -0.05) is 51.5 Å². The zero-order valence-electron chi connectivity index (χ0n) is 12.7. The molecule has 1 N–H and O–H groups in total. The molecule has 0 atom stereocenters. The molecular weight excluding hydrogens is 314 g/mol. The van der Waals surface area contributed by atoms with Crippen LogP contribution in [0.4, 0.5) is 5.69 Å². The summed E-state index contributed by atoms with van der Waals surface area (Å²) in [5.74, 6) is 0.114. The second kappa shape index (κ2) is 9.98. The lowest BCUT2D eigenvalue weighted by atomic mass is 10.1. The van der Waals surface area contributed by atoms with Crippen LogP contribution in [0.3, 0.4) is 0 Å². The lowest BCUT2D eigenvalue weighted by Gasteiger charge is -2.08. The van der Waals surface area contributed by atoms with E-state index in [1.54, 1.807) is 0 Å². The molecule has 0 fully saturated rings. The monoisotopic (exact) mass is 339 g/mol. The maximum atomic E-state index is 11.9. The molecule has 1 amide bonds. The summed E-state index contributed by atoms with van der Waals surface area (Å²) in [5, 5.41) is 2.96. The van der Waals surface area contributed by atoms with Gasteiger partial charge in [-0.05, 0) is 47.0 Å². The molecule has 0 saturated carbocycles. The Balaban J connectivity index is 2.17. The van der Waals surface area contributed by atoms with Crippen molar-refractivity contribution in [2.75, 3.05) is 5.32 Å². The molecule has 1 aromatic carbocycles. The van der Waals surface area contributed by atoms with Crippen molar-refractivity contribution in [2.24, 2.45) is 0 Å². The number of nitrogens with one attached hydrogen (secondary N) is 1. The van der Waals surface area contributed by atoms with Gasteiger partial charge in [-0.2, -0.15) is 0 Å². The third-order valence-corrected chi connectivity index (χ3v) is 4.06. The van der Waals surface area contributed by atoms with Crippen molar-refractivity contribution in [2.45, 2.75) is 65.2 Å². The molecule has 0 bridgehead atoms. The number of amides is 1. The average Bonchev–Trinajstić information content (AvgIpc) is 2.41. The van der Waals surface area contributed by atoms with Gasteiger partial charge in [0.2, 0.25) is 5.91 Å². The lowest BCUT2D eigenvalue weighted by Crippen LogP contribution is -2.11. The second-order valence-corrected chi connectivity index (χ2v) is 6.26. The Bertz CT molecular complexity index is 417. The maximum absolute atomic E-state index is 11.9. The largest absolute Gasteiger partial charge is 0.325 e. The summed E-state index contributed by atoms with van der Waals surface area (Å²) < 4.78 is 0.949. The summed E-state index contributed by atoms with van der Waals surface area (Å²) in [6.07, 6.45) is 9.27. The first-order valence-corrected chi connectivity index (χ1v) is 8.48. The van der Waals surface area contributed by atoms with Crippen molar-refractivity contribution < 1.29 is 4.79 Å². The minimum atomic E-state index is 0.114. The van der Waals surface area contributed by atoms with Gasteiger partial charge in [0.15, 0.2) is 0 Å². The molecule has 0 unspecified atom stereocenters. The van der Waals surface area contributed by atoms with Crippen molar-refractivity contribution in [1.82, 2.24) is 0 Å². The van der Waals surface area contributed by atoms with Crippen LogP contribution in [0.15, 0.2) is 22.7 Å². The number of hydrogen-bond donors (Lipinski definition) is 1. The Morgan fingerprint density at radius 2 is 1.75 bits per heavy atom. The van der Waals surface area contributed by atoms with Gasteiger partial charge < -0.3 is 5.32 Å². The topological polar surface area (TPSA) is 29.1 Å². The van der Waals surface area contributed by atoms with Crippen molar-refractivity contribution in [3.8, 4) is 0 Å². The number of carbonyl (C=O) groups is 1. The smallest absolute Gasteiger partial charge is 0.224 e. The van der Waals surface area contributed by atoms with Crippen molar-refractivity contribution >= 4 is 27.5 Å². The molecule has 0 heterocycles. The first kappa shape index (κ1) is 17.2. The Hall–Kier alpha value is -0.830. The Morgan fingerprint density at radius 3 is 2.40 bits per heavy atom. The Kier molecular flexibility index (Phi) is 8.59. The number of halogens is 1. The number of benzene rings is 1. The van der Waals surface area contributed by atoms with E-state index >= 15 is 0 Å². The van der Waals surface area contributed by atoms with Gasteiger partial charge >= 0.3 is 0 Å². The third kappa shape index (κ3) is 7.09. The molecule has 2 nitrogen and oxygen atoms in total. The molecule has 0 spiro atoms. The molecule has 1 aromatic rings. The summed E-state index contributed by atoms with van der Waals surface area (Å²) in [6, 6.07) is 5.97. The highest BCUT2D eigenvalue weighted by Crippen LogP contribution is 2.23. The fourth-order valence-corrected chi connectivity index (χ4v) is 2.77. The Morgan fingerprint density at radius 1 is 1.10 bits per heavy atom. The second-order valence-electron chi connectivity index (χ2n) is 5.40. The fourth-order valence-electron chi connectivity index (χ4n) is 2.18. The normalized spacial score (nSPS) is 10.6. The van der Waals surface area contributed by atoms with E-state index in [-0.39, 0.29) is 5.91 Å². The van der Waals surface area contributed by atoms with Crippen LogP contribution in [-0.4, -0.2) is 5.91 Å². The standard InChI is InChI=1S/C17H26BrNO/c1-3-4-5-6-7-8-9-10-17(20)19-16-12-11-14(2)13-15(16)18/h11-13H,3-10H2,1-2H3,(H,19,20). The van der Waals surface area contributed by atoms with E-state index in [0.29, 0.717) is 6.42 Å². The summed E-state index contributed by atoms with van der Waals surface area (Å²) in [6.45, 7) is 4.27. The van der Waals surface area contributed by atoms with Gasteiger partial charge in [0.05, 0.1) is 5.69 Å². The van der Waals surface area contributed by atoms with E-state index in [2.05, 4.69) is 28.2 Å². The highest BCUT2D eigenvalue weighted by molar-refractivity contribution is 9.10. The van der Waals surface area contributed by atoms with Gasteiger partial charge in [-0.25, -0.2) is 0 Å². The molecule has 0 aromatic heterocycles. The zero-order valence-corrected chi connectivity index (χ0v) is 14.3. The highest BCUT2D eigenvalue weighted by Gasteiger charge is 2.05. The van der Waals surface area contributed by atoms with Crippen LogP contribution in [0, 0.1) is 6.92 Å². The van der Waals surface area contributed by atoms with Crippen LogP contribution in [0.2, 0.25) is 0 Å². The lowest BCUT2D eigenvalue weighted by molar-refractivity contribution is -0.116. The maximum Gasteiger partial charge on any atom is 0.224 e. The zero-order chi connectivity index (χ0) is 14.8. The number of hydrogen-bond acceptors (Lipinski definition) is 1. The van der Waals surface area contributed by atoms with Crippen molar-refractivity contribution in [3.05, 3.63) is 28.2 Å². The number of unbranched alkanes of at least 4 members (excludes halogenated alkanes) is 6. The number of carbonyl (C=O) groups excluding carboxylic acids is 1. The molecule has 1 rings (SSSR count). The minimum absolute atomic E-state index is 0.114. The summed E-state index contributed by atoms with van der Waals surface area (Å²) in [7, 11) is 0. The van der Waals surface area contributed by atoms with Crippen LogP contribution in [0.5, 0.6) is 0 Å². The number of aryl methyl sites for hydroxylation is 1. The summed E-state index contributed by atoms with van der Waals surface area (Å²) in [4.78, 5) is 11.9. The van der Waals surface area contributed by atoms with Crippen LogP contribution in [0.1, 0.15) is 63.9 Å². The Labute approximate surface area is 131 Å². The van der Waals surface area contributed by atoms with E-state index in [1.165, 1.54) is 37.7 Å². The number of anilines is 1. The summed E-state index contributed by atoms with van der Waals surface area (Å²) in [5.41, 5.74) is 2.05. The molecule has 3 heteroatoms. The van der Waals surface area contributed by atoms with Gasteiger partial charge in [0, 0.05) is 10.9 Å². The molecule has 112 valence electrons. The molecule has 0 aliphatic carbocycles. The SMILES string of the molecule is CCCCCCCCCC(=O)Nc1ccc(C)cc1Br. The molecule has 0 saturated heterocycles. The van der Waals surface area contributed by atoms with Gasteiger partial charge in [-0.3, -0.25) is 4.79 Å². The van der Waals surface area contributed by atoms with Gasteiger partial charge in [0.1, 0.15) is 0 Å². The third-order valence-electron chi connectivity index (χ3n) is 3.41. The van der Waals surface area contributed by atoms with E-state index < -0.39 is 0 Å². The molecule has 0 radical (unpaired) electrons. The van der Waals surface area contributed by atoms with Crippen molar-refractivity contribution in [1.29, 1.82) is 0 Å². The van der Waals surface area contributed by atoms with E-state index in [9.17, 15) is 4.79 Å². The molecule has 20 heavy (non-hydrogen) atoms.